The van der Waals surface area contributed by atoms with E-state index in [1.807, 2.05) is 18.2 Å². The molecule has 0 aromatic heterocycles. The van der Waals surface area contributed by atoms with Gasteiger partial charge in [-0.3, -0.25) is 0 Å². The monoisotopic (exact) mass is 327 g/mol. The normalized spacial score (nSPS) is 10.6. The second-order valence-corrected chi connectivity index (χ2v) is 5.86. The number of nitrogens with one attached hydrogen (secondary N) is 2. The largest absolute Gasteiger partial charge is 0.508 e. The van der Waals surface area contributed by atoms with Crippen LogP contribution >= 0.6 is 0 Å². The van der Waals surface area contributed by atoms with E-state index in [-0.39, 0.29) is 11.8 Å². The Kier molecular flexibility index (Phi) is 6.63. The number of benzene rings is 2. The third-order valence-corrected chi connectivity index (χ3v) is 3.80. The van der Waals surface area contributed by atoms with E-state index in [1.54, 1.807) is 18.2 Å². The highest BCUT2D eigenvalue weighted by Crippen LogP contribution is 2.10. The Hall–Kier alpha value is -2.53. The number of urea groups is 1. The van der Waals surface area contributed by atoms with Gasteiger partial charge >= 0.3 is 6.03 Å². The summed E-state index contributed by atoms with van der Waals surface area (Å²) in [5.41, 5.74) is 3.16. The lowest BCUT2D eigenvalue weighted by molar-refractivity contribution is 0.240. The SMILES string of the molecule is CCN(C)Cc1cccc(CNC(=O)NCc2cccc(O)c2)c1. The molecule has 0 radical (unpaired) electrons. The molecule has 0 aliphatic heterocycles. The van der Waals surface area contributed by atoms with Gasteiger partial charge in [-0.2, -0.15) is 0 Å². The van der Waals surface area contributed by atoms with Crippen LogP contribution < -0.4 is 10.6 Å². The minimum atomic E-state index is -0.227. The lowest BCUT2D eigenvalue weighted by atomic mass is 10.1. The molecule has 0 saturated carbocycles. The van der Waals surface area contributed by atoms with Crippen LogP contribution in [0.15, 0.2) is 48.5 Å². The highest BCUT2D eigenvalue weighted by atomic mass is 16.3. The van der Waals surface area contributed by atoms with Crippen LogP contribution in [0.4, 0.5) is 4.79 Å². The molecule has 0 unspecified atom stereocenters. The summed E-state index contributed by atoms with van der Waals surface area (Å²) in [5.74, 6) is 0.198. The average Bonchev–Trinajstić information content (AvgIpc) is 2.58. The quantitative estimate of drug-likeness (QED) is 0.733. The summed E-state index contributed by atoms with van der Waals surface area (Å²) in [5, 5.41) is 15.0. The van der Waals surface area contributed by atoms with Crippen LogP contribution in [0.5, 0.6) is 5.75 Å². The summed E-state index contributed by atoms with van der Waals surface area (Å²) >= 11 is 0. The highest BCUT2D eigenvalue weighted by molar-refractivity contribution is 5.73. The Morgan fingerprint density at radius 3 is 2.21 bits per heavy atom. The Bertz CT molecular complexity index is 673. The minimum absolute atomic E-state index is 0.198. The van der Waals surface area contributed by atoms with Gasteiger partial charge in [0, 0.05) is 19.6 Å². The van der Waals surface area contributed by atoms with Crippen molar-refractivity contribution >= 4 is 6.03 Å². The van der Waals surface area contributed by atoms with E-state index in [0.29, 0.717) is 13.1 Å². The number of carbonyl (C=O) groups is 1. The van der Waals surface area contributed by atoms with E-state index in [0.717, 1.165) is 24.2 Å². The summed E-state index contributed by atoms with van der Waals surface area (Å²) in [4.78, 5) is 14.1. The fourth-order valence-electron chi connectivity index (χ4n) is 2.36. The summed E-state index contributed by atoms with van der Waals surface area (Å²) in [6, 6.07) is 14.8. The van der Waals surface area contributed by atoms with Crippen molar-refractivity contribution in [2.24, 2.45) is 0 Å². The van der Waals surface area contributed by atoms with Crippen molar-refractivity contribution in [2.75, 3.05) is 13.6 Å². The van der Waals surface area contributed by atoms with Gasteiger partial charge < -0.3 is 20.6 Å². The number of rotatable bonds is 7. The number of hydrogen-bond acceptors (Lipinski definition) is 3. The van der Waals surface area contributed by atoms with Gasteiger partial charge in [-0.25, -0.2) is 4.79 Å². The third kappa shape index (κ3) is 5.93. The smallest absolute Gasteiger partial charge is 0.315 e. The molecular weight excluding hydrogens is 302 g/mol. The van der Waals surface area contributed by atoms with Crippen molar-refractivity contribution < 1.29 is 9.90 Å². The number of phenolic OH excluding ortho intramolecular Hbond substituents is 1. The maximum Gasteiger partial charge on any atom is 0.315 e. The molecule has 0 atom stereocenters. The summed E-state index contributed by atoms with van der Waals surface area (Å²) < 4.78 is 0. The van der Waals surface area contributed by atoms with Crippen LogP contribution in [-0.2, 0) is 19.6 Å². The number of nitrogens with zero attached hydrogens (tertiary/aromatic N) is 1. The fraction of sp³-hybridized carbons (Fsp3) is 0.316. The maximum absolute atomic E-state index is 11.9. The molecule has 0 aliphatic rings. The van der Waals surface area contributed by atoms with Gasteiger partial charge in [0.05, 0.1) is 0 Å². The van der Waals surface area contributed by atoms with Crippen LogP contribution in [0.1, 0.15) is 23.6 Å². The van der Waals surface area contributed by atoms with Crippen molar-refractivity contribution in [1.29, 1.82) is 0 Å². The molecule has 24 heavy (non-hydrogen) atoms. The molecule has 5 nitrogen and oxygen atoms in total. The molecule has 0 heterocycles. The van der Waals surface area contributed by atoms with Crippen molar-refractivity contribution in [2.45, 2.75) is 26.6 Å². The van der Waals surface area contributed by atoms with Crippen molar-refractivity contribution in [3.63, 3.8) is 0 Å². The van der Waals surface area contributed by atoms with Crippen LogP contribution in [0.3, 0.4) is 0 Å². The molecule has 3 N–H and O–H groups in total. The lowest BCUT2D eigenvalue weighted by Crippen LogP contribution is -2.34. The van der Waals surface area contributed by atoms with E-state index < -0.39 is 0 Å². The molecule has 0 fully saturated rings. The Morgan fingerprint density at radius 1 is 1.00 bits per heavy atom. The number of phenols is 1. The van der Waals surface area contributed by atoms with Crippen LogP contribution in [0, 0.1) is 0 Å². The van der Waals surface area contributed by atoms with Crippen molar-refractivity contribution in [3.8, 4) is 5.75 Å². The van der Waals surface area contributed by atoms with Gasteiger partial charge in [0.15, 0.2) is 0 Å². The molecule has 2 amide bonds. The topological polar surface area (TPSA) is 64.6 Å². The predicted octanol–water partition coefficient (Wildman–Crippen LogP) is 2.84. The first-order valence-electron chi connectivity index (χ1n) is 8.13. The van der Waals surface area contributed by atoms with Gasteiger partial charge in [0.1, 0.15) is 5.75 Å². The molecule has 0 spiro atoms. The second kappa shape index (κ2) is 8.93. The van der Waals surface area contributed by atoms with Gasteiger partial charge in [0.2, 0.25) is 0 Å². The highest BCUT2D eigenvalue weighted by Gasteiger charge is 2.03. The molecular formula is C19H25N3O2. The van der Waals surface area contributed by atoms with Gasteiger partial charge in [-0.15, -0.1) is 0 Å². The average molecular weight is 327 g/mol. The number of aromatic hydroxyl groups is 1. The zero-order valence-electron chi connectivity index (χ0n) is 14.2. The van der Waals surface area contributed by atoms with Crippen LogP contribution in [-0.4, -0.2) is 29.6 Å². The Morgan fingerprint density at radius 2 is 1.58 bits per heavy atom. The standard InChI is InChI=1S/C19H25N3O2/c1-3-22(2)14-17-8-4-6-15(10-17)12-20-19(24)21-13-16-7-5-9-18(23)11-16/h4-11,23H,3,12-14H2,1-2H3,(H2,20,21,24). The second-order valence-electron chi connectivity index (χ2n) is 5.86. The zero-order chi connectivity index (χ0) is 17.4. The summed E-state index contributed by atoms with van der Waals surface area (Å²) in [6.45, 7) is 4.88. The first kappa shape index (κ1) is 17.8. The molecule has 128 valence electrons. The van der Waals surface area contributed by atoms with Crippen LogP contribution in [0.2, 0.25) is 0 Å². The molecule has 5 heteroatoms. The molecule has 0 saturated heterocycles. The number of hydrogen-bond donors (Lipinski definition) is 3. The lowest BCUT2D eigenvalue weighted by Gasteiger charge is -2.14. The summed E-state index contributed by atoms with van der Waals surface area (Å²) in [7, 11) is 2.08. The molecule has 2 rings (SSSR count). The molecule has 2 aromatic carbocycles. The first-order chi connectivity index (χ1) is 11.6. The molecule has 2 aromatic rings. The predicted molar refractivity (Wildman–Crippen MR) is 95.6 cm³/mol. The maximum atomic E-state index is 11.9. The van der Waals surface area contributed by atoms with E-state index in [4.69, 9.17) is 0 Å². The van der Waals surface area contributed by atoms with E-state index in [1.165, 1.54) is 5.56 Å². The molecule has 0 bridgehead atoms. The van der Waals surface area contributed by atoms with Gasteiger partial charge in [-0.05, 0) is 42.4 Å². The van der Waals surface area contributed by atoms with Crippen LogP contribution in [0.25, 0.3) is 0 Å². The zero-order valence-corrected chi connectivity index (χ0v) is 14.2. The third-order valence-electron chi connectivity index (χ3n) is 3.80. The number of amides is 2. The fourth-order valence-corrected chi connectivity index (χ4v) is 2.36. The Balaban J connectivity index is 1.80. The summed E-state index contributed by atoms with van der Waals surface area (Å²) in [6.07, 6.45) is 0. The van der Waals surface area contributed by atoms with E-state index in [2.05, 4.69) is 41.6 Å². The van der Waals surface area contributed by atoms with Gasteiger partial charge in [-0.1, -0.05) is 43.3 Å². The van der Waals surface area contributed by atoms with Crippen molar-refractivity contribution in [1.82, 2.24) is 15.5 Å². The number of carbonyl (C=O) groups excluding carboxylic acids is 1. The minimum Gasteiger partial charge on any atom is -0.508 e. The van der Waals surface area contributed by atoms with Crippen molar-refractivity contribution in [3.05, 3.63) is 65.2 Å². The molecule has 0 aliphatic carbocycles. The Labute approximate surface area is 143 Å². The van der Waals surface area contributed by atoms with E-state index in [9.17, 15) is 9.90 Å². The first-order valence-corrected chi connectivity index (χ1v) is 8.13. The van der Waals surface area contributed by atoms with Gasteiger partial charge in [0.25, 0.3) is 0 Å². The van der Waals surface area contributed by atoms with E-state index >= 15 is 0 Å².